The number of esters is 1. The summed E-state index contributed by atoms with van der Waals surface area (Å²) >= 11 is 1.84. The standard InChI is InChI=1S/C16H20O2S/c1-2-18-16(17)14-10-6-7-11-15(14)19-12-13-8-4-3-5-9-13/h3-5,8-10,15H,2,6-7,11-12H2,1H3. The summed E-state index contributed by atoms with van der Waals surface area (Å²) in [5.74, 6) is 0.815. The van der Waals surface area contributed by atoms with E-state index >= 15 is 0 Å². The number of benzene rings is 1. The van der Waals surface area contributed by atoms with Gasteiger partial charge in [0.15, 0.2) is 0 Å². The molecule has 0 bridgehead atoms. The molecular weight excluding hydrogens is 256 g/mol. The van der Waals surface area contributed by atoms with E-state index < -0.39 is 0 Å². The van der Waals surface area contributed by atoms with Gasteiger partial charge in [0, 0.05) is 16.6 Å². The van der Waals surface area contributed by atoms with Crippen LogP contribution in [0.4, 0.5) is 0 Å². The highest BCUT2D eigenvalue weighted by atomic mass is 32.2. The molecule has 0 fully saturated rings. The Morgan fingerprint density at radius 1 is 1.37 bits per heavy atom. The third-order valence-electron chi connectivity index (χ3n) is 3.19. The minimum Gasteiger partial charge on any atom is -0.463 e. The SMILES string of the molecule is CCOC(=O)C1=CCCCC1SCc1ccccc1. The molecule has 1 aromatic rings. The van der Waals surface area contributed by atoms with Crippen molar-refractivity contribution >= 4 is 17.7 Å². The van der Waals surface area contributed by atoms with Crippen molar-refractivity contribution in [2.75, 3.05) is 6.61 Å². The minimum atomic E-state index is -0.132. The lowest BCUT2D eigenvalue weighted by Crippen LogP contribution is -2.20. The van der Waals surface area contributed by atoms with Crippen molar-refractivity contribution in [2.24, 2.45) is 0 Å². The van der Waals surface area contributed by atoms with E-state index in [9.17, 15) is 4.79 Å². The number of hydrogen-bond donors (Lipinski definition) is 0. The average molecular weight is 276 g/mol. The highest BCUT2D eigenvalue weighted by Gasteiger charge is 2.24. The lowest BCUT2D eigenvalue weighted by molar-refractivity contribution is -0.138. The number of rotatable bonds is 5. The quantitative estimate of drug-likeness (QED) is 0.761. The van der Waals surface area contributed by atoms with Crippen molar-refractivity contribution in [2.45, 2.75) is 37.2 Å². The predicted molar refractivity (Wildman–Crippen MR) is 80.1 cm³/mol. The third-order valence-corrected chi connectivity index (χ3v) is 4.58. The van der Waals surface area contributed by atoms with E-state index in [2.05, 4.69) is 30.3 Å². The van der Waals surface area contributed by atoms with Crippen LogP contribution in [-0.2, 0) is 15.3 Å². The van der Waals surface area contributed by atoms with Crippen LogP contribution in [0, 0.1) is 0 Å². The summed E-state index contributed by atoms with van der Waals surface area (Å²) in [4.78, 5) is 11.9. The molecule has 0 amide bonds. The van der Waals surface area contributed by atoms with Crippen LogP contribution in [0.1, 0.15) is 31.7 Å². The van der Waals surface area contributed by atoms with E-state index in [0.29, 0.717) is 6.61 Å². The van der Waals surface area contributed by atoms with Gasteiger partial charge in [0.25, 0.3) is 0 Å². The van der Waals surface area contributed by atoms with Crippen LogP contribution in [-0.4, -0.2) is 17.8 Å². The Kier molecular flexibility index (Phi) is 5.52. The van der Waals surface area contributed by atoms with Gasteiger partial charge in [0.05, 0.1) is 6.61 Å². The van der Waals surface area contributed by atoms with Crippen molar-refractivity contribution in [3.63, 3.8) is 0 Å². The first-order valence-corrected chi connectivity index (χ1v) is 7.89. The fourth-order valence-electron chi connectivity index (χ4n) is 2.22. The first-order chi connectivity index (χ1) is 9.31. The molecule has 1 atom stereocenters. The van der Waals surface area contributed by atoms with Gasteiger partial charge in [-0.25, -0.2) is 4.79 Å². The maximum Gasteiger partial charge on any atom is 0.334 e. The zero-order valence-corrected chi connectivity index (χ0v) is 12.1. The number of carbonyl (C=O) groups excluding carboxylic acids is 1. The molecule has 0 aliphatic heterocycles. The zero-order chi connectivity index (χ0) is 13.5. The summed E-state index contributed by atoms with van der Waals surface area (Å²) in [5, 5.41) is 0.285. The third kappa shape index (κ3) is 4.13. The Hall–Kier alpha value is -1.22. The first kappa shape index (κ1) is 14.2. The number of allylic oxidation sites excluding steroid dienone is 1. The monoisotopic (exact) mass is 276 g/mol. The summed E-state index contributed by atoms with van der Waals surface area (Å²) in [6, 6.07) is 10.4. The molecule has 1 unspecified atom stereocenters. The second kappa shape index (κ2) is 7.39. The topological polar surface area (TPSA) is 26.3 Å². The van der Waals surface area contributed by atoms with Crippen LogP contribution in [0.5, 0.6) is 0 Å². The van der Waals surface area contributed by atoms with Gasteiger partial charge in [-0.05, 0) is 31.7 Å². The van der Waals surface area contributed by atoms with Gasteiger partial charge in [-0.1, -0.05) is 36.4 Å². The Labute approximate surface area is 119 Å². The van der Waals surface area contributed by atoms with Gasteiger partial charge in [0.1, 0.15) is 0 Å². The Morgan fingerprint density at radius 3 is 2.89 bits per heavy atom. The number of hydrogen-bond acceptors (Lipinski definition) is 3. The predicted octanol–water partition coefficient (Wildman–Crippen LogP) is 3.96. The molecule has 0 spiro atoms. The molecule has 0 saturated carbocycles. The molecule has 1 aromatic carbocycles. The molecule has 1 aliphatic rings. The van der Waals surface area contributed by atoms with E-state index in [4.69, 9.17) is 4.74 Å². The van der Waals surface area contributed by atoms with Crippen LogP contribution in [0.3, 0.4) is 0 Å². The molecule has 102 valence electrons. The number of ether oxygens (including phenoxy) is 1. The highest BCUT2D eigenvalue weighted by Crippen LogP contribution is 2.32. The maximum atomic E-state index is 11.9. The summed E-state index contributed by atoms with van der Waals surface area (Å²) in [7, 11) is 0. The van der Waals surface area contributed by atoms with Crippen molar-refractivity contribution in [3.05, 3.63) is 47.5 Å². The number of carbonyl (C=O) groups is 1. The van der Waals surface area contributed by atoms with Crippen molar-refractivity contribution in [1.82, 2.24) is 0 Å². The van der Waals surface area contributed by atoms with E-state index in [1.807, 2.05) is 24.8 Å². The second-order valence-corrected chi connectivity index (χ2v) is 5.79. The largest absolute Gasteiger partial charge is 0.463 e. The van der Waals surface area contributed by atoms with E-state index in [1.54, 1.807) is 0 Å². The molecule has 3 heteroatoms. The van der Waals surface area contributed by atoms with Crippen molar-refractivity contribution in [3.8, 4) is 0 Å². The Balaban J connectivity index is 1.96. The van der Waals surface area contributed by atoms with Gasteiger partial charge < -0.3 is 4.74 Å². The molecule has 2 nitrogen and oxygen atoms in total. The highest BCUT2D eigenvalue weighted by molar-refractivity contribution is 7.99. The molecule has 0 N–H and O–H groups in total. The summed E-state index contributed by atoms with van der Waals surface area (Å²) in [5.41, 5.74) is 2.18. The second-order valence-electron chi connectivity index (χ2n) is 4.60. The van der Waals surface area contributed by atoms with Gasteiger partial charge >= 0.3 is 5.97 Å². The van der Waals surface area contributed by atoms with Crippen LogP contribution < -0.4 is 0 Å². The molecular formula is C16H20O2S. The average Bonchev–Trinajstić information content (AvgIpc) is 2.47. The van der Waals surface area contributed by atoms with E-state index in [1.165, 1.54) is 5.56 Å². The summed E-state index contributed by atoms with van der Waals surface area (Å²) in [6.07, 6.45) is 5.29. The molecule has 2 rings (SSSR count). The van der Waals surface area contributed by atoms with Crippen molar-refractivity contribution < 1.29 is 9.53 Å². The number of thioether (sulfide) groups is 1. The lowest BCUT2D eigenvalue weighted by Gasteiger charge is -2.22. The normalized spacial score (nSPS) is 18.8. The zero-order valence-electron chi connectivity index (χ0n) is 11.3. The molecule has 1 aliphatic carbocycles. The smallest absolute Gasteiger partial charge is 0.334 e. The Morgan fingerprint density at radius 2 is 2.16 bits per heavy atom. The summed E-state index contributed by atoms with van der Waals surface area (Å²) < 4.78 is 5.14. The van der Waals surface area contributed by atoms with E-state index in [0.717, 1.165) is 30.6 Å². The fraction of sp³-hybridized carbons (Fsp3) is 0.438. The van der Waals surface area contributed by atoms with Crippen LogP contribution in [0.15, 0.2) is 42.0 Å². The van der Waals surface area contributed by atoms with Gasteiger partial charge in [-0.2, -0.15) is 0 Å². The first-order valence-electron chi connectivity index (χ1n) is 6.84. The molecule has 0 radical (unpaired) electrons. The van der Waals surface area contributed by atoms with Gasteiger partial charge in [0.2, 0.25) is 0 Å². The molecule has 0 aromatic heterocycles. The molecule has 0 heterocycles. The van der Waals surface area contributed by atoms with Crippen LogP contribution in [0.25, 0.3) is 0 Å². The molecule has 19 heavy (non-hydrogen) atoms. The van der Waals surface area contributed by atoms with Crippen molar-refractivity contribution in [1.29, 1.82) is 0 Å². The van der Waals surface area contributed by atoms with Crippen LogP contribution >= 0.6 is 11.8 Å². The lowest BCUT2D eigenvalue weighted by atomic mass is 9.99. The molecule has 0 saturated heterocycles. The Bertz CT molecular complexity index is 439. The van der Waals surface area contributed by atoms with E-state index in [-0.39, 0.29) is 11.2 Å². The minimum absolute atomic E-state index is 0.132. The van der Waals surface area contributed by atoms with Gasteiger partial charge in [-0.15, -0.1) is 11.8 Å². The van der Waals surface area contributed by atoms with Crippen LogP contribution in [0.2, 0.25) is 0 Å². The maximum absolute atomic E-state index is 11.9. The fourth-order valence-corrected chi connectivity index (χ4v) is 3.51. The summed E-state index contributed by atoms with van der Waals surface area (Å²) in [6.45, 7) is 2.31. The van der Waals surface area contributed by atoms with Gasteiger partial charge in [-0.3, -0.25) is 0 Å².